The minimum absolute atomic E-state index is 0.0950. The fraction of sp³-hybridized carbons (Fsp3) is 0.833. The Balaban J connectivity index is 1.87. The lowest BCUT2D eigenvalue weighted by Crippen LogP contribution is -2.51. The number of likely N-dealkylation sites (tertiary alicyclic amines) is 1. The summed E-state index contributed by atoms with van der Waals surface area (Å²) in [6, 6.07) is 0. The lowest BCUT2D eigenvalue weighted by atomic mass is 10.1. The van der Waals surface area contributed by atoms with Gasteiger partial charge in [0.15, 0.2) is 6.10 Å². The summed E-state index contributed by atoms with van der Waals surface area (Å²) in [5.41, 5.74) is 0. The predicted molar refractivity (Wildman–Crippen MR) is 64.2 cm³/mol. The summed E-state index contributed by atoms with van der Waals surface area (Å²) in [5.74, 6) is -0.627. The standard InChI is InChI=1S/C12H20N2O4/c1-2-13-4-3-9(5-13)6-14-7-10(12(16)17)18-8-11(14)15/h9-10H,2-8H2,1H3,(H,16,17). The average Bonchev–Trinajstić information content (AvgIpc) is 2.79. The van der Waals surface area contributed by atoms with Crippen LogP contribution in [-0.2, 0) is 14.3 Å². The minimum atomic E-state index is -0.992. The molecule has 1 amide bonds. The van der Waals surface area contributed by atoms with E-state index in [0.29, 0.717) is 12.5 Å². The molecule has 6 heteroatoms. The van der Waals surface area contributed by atoms with Crippen molar-refractivity contribution in [3.05, 3.63) is 0 Å². The van der Waals surface area contributed by atoms with Crippen LogP contribution in [-0.4, -0.2) is 72.2 Å². The molecular weight excluding hydrogens is 236 g/mol. The molecule has 2 rings (SSSR count). The molecule has 2 unspecified atom stereocenters. The molecule has 18 heavy (non-hydrogen) atoms. The van der Waals surface area contributed by atoms with Crippen LogP contribution in [0.3, 0.4) is 0 Å². The molecule has 0 aromatic heterocycles. The van der Waals surface area contributed by atoms with Crippen molar-refractivity contribution in [2.24, 2.45) is 5.92 Å². The SMILES string of the molecule is CCN1CCC(CN2CC(C(=O)O)OCC2=O)C1. The van der Waals surface area contributed by atoms with Gasteiger partial charge in [0, 0.05) is 13.1 Å². The third-order valence-corrected chi connectivity index (χ3v) is 3.72. The van der Waals surface area contributed by atoms with Gasteiger partial charge in [-0.2, -0.15) is 0 Å². The van der Waals surface area contributed by atoms with Crippen LogP contribution < -0.4 is 0 Å². The predicted octanol–water partition coefficient (Wildman–Crippen LogP) is -0.360. The van der Waals surface area contributed by atoms with E-state index < -0.39 is 12.1 Å². The van der Waals surface area contributed by atoms with E-state index in [4.69, 9.17) is 9.84 Å². The van der Waals surface area contributed by atoms with E-state index in [-0.39, 0.29) is 19.1 Å². The molecule has 0 aliphatic carbocycles. The summed E-state index contributed by atoms with van der Waals surface area (Å²) in [6.45, 7) is 5.95. The number of aliphatic carboxylic acids is 1. The maximum absolute atomic E-state index is 11.7. The van der Waals surface area contributed by atoms with Crippen LogP contribution in [0, 0.1) is 5.92 Å². The molecule has 0 radical (unpaired) electrons. The zero-order chi connectivity index (χ0) is 13.1. The van der Waals surface area contributed by atoms with E-state index in [2.05, 4.69) is 11.8 Å². The number of hydrogen-bond donors (Lipinski definition) is 1. The van der Waals surface area contributed by atoms with E-state index in [9.17, 15) is 9.59 Å². The van der Waals surface area contributed by atoms with Crippen molar-refractivity contribution in [1.29, 1.82) is 0 Å². The zero-order valence-electron chi connectivity index (χ0n) is 10.7. The van der Waals surface area contributed by atoms with Crippen molar-refractivity contribution in [2.75, 3.05) is 39.3 Å². The number of morpholine rings is 1. The molecule has 0 aromatic rings. The lowest BCUT2D eigenvalue weighted by molar-refractivity contribution is -0.165. The van der Waals surface area contributed by atoms with Crippen molar-refractivity contribution in [2.45, 2.75) is 19.4 Å². The van der Waals surface area contributed by atoms with Crippen LogP contribution in [0.1, 0.15) is 13.3 Å². The number of hydrogen-bond acceptors (Lipinski definition) is 4. The van der Waals surface area contributed by atoms with Crippen LogP contribution in [0.4, 0.5) is 0 Å². The summed E-state index contributed by atoms with van der Waals surface area (Å²) in [6.07, 6.45) is 0.210. The molecule has 2 aliphatic rings. The smallest absolute Gasteiger partial charge is 0.334 e. The number of carboxylic acid groups (broad SMARTS) is 1. The molecule has 102 valence electrons. The molecule has 2 saturated heterocycles. The topological polar surface area (TPSA) is 70.1 Å². The molecule has 1 N–H and O–H groups in total. The first-order valence-corrected chi connectivity index (χ1v) is 6.44. The third kappa shape index (κ3) is 3.00. The monoisotopic (exact) mass is 256 g/mol. The summed E-state index contributed by atoms with van der Waals surface area (Å²) in [4.78, 5) is 26.6. The Morgan fingerprint density at radius 2 is 2.28 bits per heavy atom. The van der Waals surface area contributed by atoms with E-state index >= 15 is 0 Å². The van der Waals surface area contributed by atoms with Crippen molar-refractivity contribution >= 4 is 11.9 Å². The highest BCUT2D eigenvalue weighted by Crippen LogP contribution is 2.18. The van der Waals surface area contributed by atoms with Gasteiger partial charge in [-0.1, -0.05) is 6.92 Å². The molecule has 0 spiro atoms. The van der Waals surface area contributed by atoms with Gasteiger partial charge in [-0.05, 0) is 25.4 Å². The number of nitrogens with zero attached hydrogens (tertiary/aromatic N) is 2. The van der Waals surface area contributed by atoms with Gasteiger partial charge in [0.05, 0.1) is 6.54 Å². The number of rotatable bonds is 4. The van der Waals surface area contributed by atoms with Crippen molar-refractivity contribution < 1.29 is 19.4 Å². The normalized spacial score (nSPS) is 29.8. The van der Waals surface area contributed by atoms with Crippen LogP contribution in [0.5, 0.6) is 0 Å². The maximum Gasteiger partial charge on any atom is 0.334 e. The van der Waals surface area contributed by atoms with E-state index in [1.54, 1.807) is 4.90 Å². The second kappa shape index (κ2) is 5.67. The number of carbonyl (C=O) groups is 2. The van der Waals surface area contributed by atoms with Crippen molar-refractivity contribution in [1.82, 2.24) is 9.80 Å². The van der Waals surface area contributed by atoms with Gasteiger partial charge in [-0.3, -0.25) is 4.79 Å². The number of carboxylic acids is 1. The largest absolute Gasteiger partial charge is 0.479 e. The molecule has 0 aromatic carbocycles. The van der Waals surface area contributed by atoms with E-state index in [1.165, 1.54) is 0 Å². The summed E-state index contributed by atoms with van der Waals surface area (Å²) >= 11 is 0. The van der Waals surface area contributed by atoms with Crippen LogP contribution in [0.2, 0.25) is 0 Å². The average molecular weight is 256 g/mol. The fourth-order valence-corrected chi connectivity index (χ4v) is 2.60. The summed E-state index contributed by atoms with van der Waals surface area (Å²) in [7, 11) is 0. The Labute approximate surface area is 106 Å². The molecule has 2 aliphatic heterocycles. The Bertz CT molecular complexity index is 334. The highest BCUT2D eigenvalue weighted by molar-refractivity contribution is 5.81. The molecule has 0 bridgehead atoms. The highest BCUT2D eigenvalue weighted by Gasteiger charge is 2.33. The number of amides is 1. The van der Waals surface area contributed by atoms with Crippen molar-refractivity contribution in [3.63, 3.8) is 0 Å². The van der Waals surface area contributed by atoms with Gasteiger partial charge in [-0.25, -0.2) is 4.79 Å². The molecule has 0 saturated carbocycles. The van der Waals surface area contributed by atoms with Gasteiger partial charge < -0.3 is 19.6 Å². The van der Waals surface area contributed by atoms with E-state index in [1.807, 2.05) is 0 Å². The lowest BCUT2D eigenvalue weighted by Gasteiger charge is -2.32. The second-order valence-electron chi connectivity index (χ2n) is 4.98. The summed E-state index contributed by atoms with van der Waals surface area (Å²) < 4.78 is 4.99. The first-order valence-electron chi connectivity index (χ1n) is 6.44. The number of ether oxygens (including phenoxy) is 1. The van der Waals surface area contributed by atoms with Crippen LogP contribution in [0.25, 0.3) is 0 Å². The third-order valence-electron chi connectivity index (χ3n) is 3.72. The Hall–Kier alpha value is -1.14. The number of carbonyl (C=O) groups excluding carboxylic acids is 1. The molecule has 2 fully saturated rings. The first-order chi connectivity index (χ1) is 8.60. The molecule has 6 nitrogen and oxygen atoms in total. The van der Waals surface area contributed by atoms with Gasteiger partial charge in [0.2, 0.25) is 5.91 Å². The van der Waals surface area contributed by atoms with Gasteiger partial charge in [0.25, 0.3) is 0 Å². The van der Waals surface area contributed by atoms with Crippen LogP contribution >= 0.6 is 0 Å². The van der Waals surface area contributed by atoms with Crippen molar-refractivity contribution in [3.8, 4) is 0 Å². The Morgan fingerprint density at radius 3 is 2.89 bits per heavy atom. The molecule has 2 heterocycles. The zero-order valence-corrected chi connectivity index (χ0v) is 10.7. The minimum Gasteiger partial charge on any atom is -0.479 e. The van der Waals surface area contributed by atoms with Gasteiger partial charge in [-0.15, -0.1) is 0 Å². The van der Waals surface area contributed by atoms with Gasteiger partial charge in [0.1, 0.15) is 6.61 Å². The fourth-order valence-electron chi connectivity index (χ4n) is 2.60. The first kappa shape index (κ1) is 13.3. The van der Waals surface area contributed by atoms with Crippen LogP contribution in [0.15, 0.2) is 0 Å². The second-order valence-corrected chi connectivity index (χ2v) is 4.98. The Morgan fingerprint density at radius 1 is 1.50 bits per heavy atom. The maximum atomic E-state index is 11.7. The quantitative estimate of drug-likeness (QED) is 0.744. The Kier molecular flexibility index (Phi) is 4.19. The van der Waals surface area contributed by atoms with Gasteiger partial charge >= 0.3 is 5.97 Å². The highest BCUT2D eigenvalue weighted by atomic mass is 16.5. The van der Waals surface area contributed by atoms with E-state index in [0.717, 1.165) is 26.1 Å². The molecule has 2 atom stereocenters. The summed E-state index contributed by atoms with van der Waals surface area (Å²) in [5, 5.41) is 8.91. The molecular formula is C12H20N2O4.